The van der Waals surface area contributed by atoms with Crippen LogP contribution in [0.5, 0.6) is 0 Å². The van der Waals surface area contributed by atoms with Gasteiger partial charge in [0.1, 0.15) is 6.07 Å². The summed E-state index contributed by atoms with van der Waals surface area (Å²) in [5.74, 6) is 0.628. The zero-order chi connectivity index (χ0) is 15.9. The molecule has 112 valence electrons. The molecule has 0 aliphatic carbocycles. The minimum Gasteiger partial charge on any atom is -0.324 e. The number of hydrogen-bond donors (Lipinski definition) is 1. The zero-order valence-corrected chi connectivity index (χ0v) is 13.8. The monoisotopic (exact) mass is 350 g/mol. The Labute approximate surface area is 143 Å². The predicted octanol–water partition coefficient (Wildman–Crippen LogP) is 4.74. The van der Waals surface area contributed by atoms with E-state index in [4.69, 9.17) is 28.5 Å². The molecule has 0 saturated heterocycles. The molecule has 1 N–H and O–H groups in total. The van der Waals surface area contributed by atoms with Crippen LogP contribution in [-0.2, 0) is 10.5 Å². The first-order valence-electron chi connectivity index (χ1n) is 6.41. The molecule has 2 rings (SSSR count). The molecular weight excluding hydrogens is 339 g/mol. The number of nitrogens with one attached hydrogen (secondary N) is 1. The summed E-state index contributed by atoms with van der Waals surface area (Å²) in [4.78, 5) is 11.9. The van der Waals surface area contributed by atoms with Crippen molar-refractivity contribution in [3.63, 3.8) is 0 Å². The summed E-state index contributed by atoms with van der Waals surface area (Å²) in [5.41, 5.74) is 1.78. The fraction of sp³-hybridized carbons (Fsp3) is 0.125. The smallest absolute Gasteiger partial charge is 0.234 e. The Kier molecular flexibility index (Phi) is 6.14. The minimum absolute atomic E-state index is 0.170. The van der Waals surface area contributed by atoms with Gasteiger partial charge < -0.3 is 5.32 Å². The Morgan fingerprint density at radius 3 is 2.50 bits per heavy atom. The third-order valence-electron chi connectivity index (χ3n) is 2.86. The molecule has 1 amide bonds. The van der Waals surface area contributed by atoms with Crippen LogP contribution in [0.3, 0.4) is 0 Å². The fourth-order valence-electron chi connectivity index (χ4n) is 1.79. The number of anilines is 1. The molecule has 0 aliphatic heterocycles. The molecule has 2 aromatic carbocycles. The molecule has 0 atom stereocenters. The zero-order valence-electron chi connectivity index (χ0n) is 11.5. The Bertz CT molecular complexity index is 708. The van der Waals surface area contributed by atoms with E-state index in [2.05, 4.69) is 5.32 Å². The first-order chi connectivity index (χ1) is 10.6. The quantitative estimate of drug-likeness (QED) is 0.847. The lowest BCUT2D eigenvalue weighted by atomic mass is 10.2. The fourth-order valence-corrected chi connectivity index (χ4v) is 3.36. The minimum atomic E-state index is -0.170. The van der Waals surface area contributed by atoms with Gasteiger partial charge in [-0.25, -0.2) is 0 Å². The van der Waals surface area contributed by atoms with Crippen LogP contribution in [0.2, 0.25) is 10.0 Å². The van der Waals surface area contributed by atoms with E-state index in [0.29, 0.717) is 27.0 Å². The van der Waals surface area contributed by atoms with Crippen LogP contribution in [0, 0.1) is 11.3 Å². The van der Waals surface area contributed by atoms with Crippen molar-refractivity contribution in [1.29, 1.82) is 5.26 Å². The number of amides is 1. The molecular formula is C16H12Cl2N2OS. The summed E-state index contributed by atoms with van der Waals surface area (Å²) >= 11 is 13.6. The number of nitriles is 1. The number of carbonyl (C=O) groups excluding carboxylic acids is 1. The Morgan fingerprint density at radius 2 is 1.82 bits per heavy atom. The van der Waals surface area contributed by atoms with Crippen LogP contribution in [-0.4, -0.2) is 11.7 Å². The number of carbonyl (C=O) groups is 1. The van der Waals surface area contributed by atoms with Crippen molar-refractivity contribution in [2.45, 2.75) is 5.75 Å². The van der Waals surface area contributed by atoms with Crippen molar-refractivity contribution in [3.05, 3.63) is 63.6 Å². The number of para-hydroxylation sites is 1. The van der Waals surface area contributed by atoms with Crippen molar-refractivity contribution >= 4 is 46.6 Å². The van der Waals surface area contributed by atoms with Gasteiger partial charge in [0.25, 0.3) is 0 Å². The number of thioether (sulfide) groups is 1. The molecule has 0 aliphatic rings. The summed E-state index contributed by atoms with van der Waals surface area (Å²) in [6.45, 7) is 0. The van der Waals surface area contributed by atoms with E-state index in [9.17, 15) is 4.79 Å². The lowest BCUT2D eigenvalue weighted by molar-refractivity contribution is -0.113. The lowest BCUT2D eigenvalue weighted by Crippen LogP contribution is -2.15. The SMILES string of the molecule is N#Cc1ccccc1NC(=O)CSCc1c(Cl)cccc1Cl. The van der Waals surface area contributed by atoms with Crippen molar-refractivity contribution < 1.29 is 4.79 Å². The summed E-state index contributed by atoms with van der Waals surface area (Å²) < 4.78 is 0. The second kappa shape index (κ2) is 8.09. The Balaban J connectivity index is 1.90. The molecule has 22 heavy (non-hydrogen) atoms. The van der Waals surface area contributed by atoms with Gasteiger partial charge in [0.2, 0.25) is 5.91 Å². The van der Waals surface area contributed by atoms with Crippen LogP contribution in [0.15, 0.2) is 42.5 Å². The van der Waals surface area contributed by atoms with Gasteiger partial charge in [-0.1, -0.05) is 41.4 Å². The number of hydrogen-bond acceptors (Lipinski definition) is 3. The average Bonchev–Trinajstić information content (AvgIpc) is 2.51. The molecule has 0 bridgehead atoms. The van der Waals surface area contributed by atoms with E-state index in [1.54, 1.807) is 42.5 Å². The van der Waals surface area contributed by atoms with Gasteiger partial charge in [-0.05, 0) is 29.8 Å². The molecule has 0 spiro atoms. The highest BCUT2D eigenvalue weighted by atomic mass is 35.5. The predicted molar refractivity (Wildman–Crippen MR) is 92.4 cm³/mol. The van der Waals surface area contributed by atoms with Crippen molar-refractivity contribution in [1.82, 2.24) is 0 Å². The maximum atomic E-state index is 11.9. The summed E-state index contributed by atoms with van der Waals surface area (Å²) in [6, 6.07) is 14.2. The first-order valence-corrected chi connectivity index (χ1v) is 8.32. The van der Waals surface area contributed by atoms with E-state index in [1.807, 2.05) is 6.07 Å². The third kappa shape index (κ3) is 4.41. The molecule has 0 saturated carbocycles. The molecule has 2 aromatic rings. The van der Waals surface area contributed by atoms with E-state index in [0.717, 1.165) is 5.56 Å². The van der Waals surface area contributed by atoms with Gasteiger partial charge in [0.05, 0.1) is 17.0 Å². The van der Waals surface area contributed by atoms with E-state index in [1.165, 1.54) is 11.8 Å². The number of rotatable bonds is 5. The third-order valence-corrected chi connectivity index (χ3v) is 4.53. The van der Waals surface area contributed by atoms with Gasteiger partial charge in [0.15, 0.2) is 0 Å². The maximum Gasteiger partial charge on any atom is 0.234 e. The summed E-state index contributed by atoms with van der Waals surface area (Å²) in [5, 5.41) is 12.9. The number of nitrogens with zero attached hydrogens (tertiary/aromatic N) is 1. The van der Waals surface area contributed by atoms with E-state index in [-0.39, 0.29) is 11.7 Å². The second-order valence-corrected chi connectivity index (χ2v) is 6.20. The molecule has 0 heterocycles. The number of halogens is 2. The molecule has 0 aromatic heterocycles. The summed E-state index contributed by atoms with van der Waals surface area (Å²) in [7, 11) is 0. The average molecular weight is 351 g/mol. The normalized spacial score (nSPS) is 10.0. The van der Waals surface area contributed by atoms with Crippen LogP contribution in [0.1, 0.15) is 11.1 Å². The van der Waals surface area contributed by atoms with Gasteiger partial charge >= 0.3 is 0 Å². The topological polar surface area (TPSA) is 52.9 Å². The standard InChI is InChI=1S/C16H12Cl2N2OS/c17-13-5-3-6-14(18)12(13)9-22-10-16(21)20-15-7-2-1-4-11(15)8-19/h1-7H,9-10H2,(H,20,21). The van der Waals surface area contributed by atoms with Crippen LogP contribution in [0.25, 0.3) is 0 Å². The van der Waals surface area contributed by atoms with Crippen molar-refractivity contribution in [2.75, 3.05) is 11.1 Å². The van der Waals surface area contributed by atoms with Crippen LogP contribution in [0.4, 0.5) is 5.69 Å². The highest BCUT2D eigenvalue weighted by molar-refractivity contribution is 7.99. The van der Waals surface area contributed by atoms with Gasteiger partial charge in [-0.15, -0.1) is 11.8 Å². The van der Waals surface area contributed by atoms with Gasteiger partial charge in [-0.2, -0.15) is 5.26 Å². The highest BCUT2D eigenvalue weighted by Gasteiger charge is 2.09. The molecule has 0 radical (unpaired) electrons. The molecule has 0 fully saturated rings. The first kappa shape index (κ1) is 16.7. The molecule has 0 unspecified atom stereocenters. The van der Waals surface area contributed by atoms with Crippen molar-refractivity contribution in [3.8, 4) is 6.07 Å². The Hall–Kier alpha value is -1.67. The van der Waals surface area contributed by atoms with E-state index < -0.39 is 0 Å². The van der Waals surface area contributed by atoms with E-state index >= 15 is 0 Å². The van der Waals surface area contributed by atoms with Crippen LogP contribution < -0.4 is 5.32 Å². The second-order valence-electron chi connectivity index (χ2n) is 4.40. The summed E-state index contributed by atoms with van der Waals surface area (Å²) in [6.07, 6.45) is 0. The lowest BCUT2D eigenvalue weighted by Gasteiger charge is -2.08. The number of benzene rings is 2. The molecule has 3 nitrogen and oxygen atoms in total. The Morgan fingerprint density at radius 1 is 1.14 bits per heavy atom. The molecule has 6 heteroatoms. The largest absolute Gasteiger partial charge is 0.324 e. The maximum absolute atomic E-state index is 11.9. The highest BCUT2D eigenvalue weighted by Crippen LogP contribution is 2.28. The van der Waals surface area contributed by atoms with Crippen molar-refractivity contribution in [2.24, 2.45) is 0 Å². The van der Waals surface area contributed by atoms with Gasteiger partial charge in [-0.3, -0.25) is 4.79 Å². The van der Waals surface area contributed by atoms with Gasteiger partial charge in [0, 0.05) is 15.8 Å². The van der Waals surface area contributed by atoms with Crippen LogP contribution >= 0.6 is 35.0 Å².